The number of guanidine groups is 1. The summed E-state index contributed by atoms with van der Waals surface area (Å²) in [6.07, 6.45) is 0. The summed E-state index contributed by atoms with van der Waals surface area (Å²) in [5.41, 5.74) is 2.30. The number of aliphatic imine (C=N–C) groups is 1. The van der Waals surface area contributed by atoms with Crippen LogP contribution in [-0.4, -0.2) is 64.5 Å². The summed E-state index contributed by atoms with van der Waals surface area (Å²) < 4.78 is 16.4. The average Bonchev–Trinajstić information content (AvgIpc) is 2.83. The normalized spacial score (nSPS) is 15.4. The van der Waals surface area contributed by atoms with Crippen LogP contribution in [0, 0.1) is 0 Å². The first kappa shape index (κ1) is 26.2. The smallest absolute Gasteiger partial charge is 0.191 e. The molecule has 0 radical (unpaired) electrons. The Morgan fingerprint density at radius 3 is 2.47 bits per heavy atom. The van der Waals surface area contributed by atoms with Crippen LogP contribution >= 0.6 is 24.0 Å². The van der Waals surface area contributed by atoms with Crippen molar-refractivity contribution < 1.29 is 14.2 Å². The molecule has 0 spiro atoms. The van der Waals surface area contributed by atoms with Gasteiger partial charge >= 0.3 is 0 Å². The minimum atomic E-state index is 0. The molecule has 1 saturated heterocycles. The van der Waals surface area contributed by atoms with Gasteiger partial charge in [0.1, 0.15) is 11.5 Å². The van der Waals surface area contributed by atoms with Crippen molar-refractivity contribution in [1.29, 1.82) is 0 Å². The van der Waals surface area contributed by atoms with Crippen LogP contribution < -0.4 is 20.1 Å². The van der Waals surface area contributed by atoms with E-state index >= 15 is 0 Å². The lowest BCUT2D eigenvalue weighted by molar-refractivity contribution is 0.0170. The van der Waals surface area contributed by atoms with Gasteiger partial charge in [0, 0.05) is 37.8 Å². The van der Waals surface area contributed by atoms with E-state index in [2.05, 4.69) is 52.8 Å². The van der Waals surface area contributed by atoms with Crippen molar-refractivity contribution >= 4 is 29.9 Å². The number of nitrogens with zero attached hydrogens (tertiary/aromatic N) is 2. The highest BCUT2D eigenvalue weighted by molar-refractivity contribution is 14.0. The maximum absolute atomic E-state index is 5.56. The van der Waals surface area contributed by atoms with Gasteiger partial charge in [0.15, 0.2) is 5.96 Å². The van der Waals surface area contributed by atoms with E-state index in [9.17, 15) is 0 Å². The highest BCUT2D eigenvalue weighted by Crippen LogP contribution is 2.25. The van der Waals surface area contributed by atoms with Crippen molar-refractivity contribution in [3.8, 4) is 11.5 Å². The first-order valence-corrected chi connectivity index (χ1v) is 10.8. The molecule has 1 aliphatic heterocycles. The number of hydrogen-bond acceptors (Lipinski definition) is 5. The lowest BCUT2D eigenvalue weighted by Crippen LogP contribution is -2.46. The molecule has 1 atom stereocenters. The number of halogens is 1. The maximum atomic E-state index is 5.56. The summed E-state index contributed by atoms with van der Waals surface area (Å²) in [6, 6.07) is 16.7. The van der Waals surface area contributed by atoms with Crippen LogP contribution in [0.25, 0.3) is 0 Å². The Balaban J connectivity index is 0.00000363. The maximum Gasteiger partial charge on any atom is 0.191 e. The molecule has 3 rings (SSSR count). The number of methoxy groups -OCH3 is 2. The second-order valence-corrected chi connectivity index (χ2v) is 7.33. The second-order valence-electron chi connectivity index (χ2n) is 7.33. The molecule has 0 aromatic heterocycles. The number of ether oxygens (including phenoxy) is 3. The van der Waals surface area contributed by atoms with E-state index in [0.717, 1.165) is 62.4 Å². The molecule has 0 bridgehead atoms. The zero-order valence-electron chi connectivity index (χ0n) is 19.2. The Bertz CT molecular complexity index is 829. The molecule has 32 heavy (non-hydrogen) atoms. The summed E-state index contributed by atoms with van der Waals surface area (Å²) in [7, 11) is 3.32. The van der Waals surface area contributed by atoms with E-state index in [4.69, 9.17) is 19.2 Å². The van der Waals surface area contributed by atoms with Crippen LogP contribution in [0.1, 0.15) is 24.1 Å². The van der Waals surface area contributed by atoms with Crippen molar-refractivity contribution in [2.24, 2.45) is 4.99 Å². The van der Waals surface area contributed by atoms with Crippen LogP contribution in [0.5, 0.6) is 11.5 Å². The van der Waals surface area contributed by atoms with E-state index in [0.29, 0.717) is 6.54 Å². The molecule has 2 aromatic carbocycles. The Kier molecular flexibility index (Phi) is 11.6. The van der Waals surface area contributed by atoms with Gasteiger partial charge < -0.3 is 24.8 Å². The fraction of sp³-hybridized carbons (Fsp3) is 0.458. The molecule has 2 N–H and O–H groups in total. The molecule has 2 aromatic rings. The van der Waals surface area contributed by atoms with Gasteiger partial charge in [0.25, 0.3) is 0 Å². The van der Waals surface area contributed by atoms with Gasteiger partial charge in [-0.25, -0.2) is 4.99 Å². The van der Waals surface area contributed by atoms with Crippen molar-refractivity contribution in [3.63, 3.8) is 0 Å². The standard InChI is InChI=1S/C24H34N4O3.HI/c1-4-25-24(26-17-20-10-11-21(29-2)16-23(20)30-3)27-18-22(19-8-6-5-7-9-19)28-12-14-31-15-13-28;/h5-11,16,22H,4,12-15,17-18H2,1-3H3,(H2,25,26,27);1H. The number of rotatable bonds is 9. The van der Waals surface area contributed by atoms with E-state index in [1.54, 1.807) is 14.2 Å². The monoisotopic (exact) mass is 554 g/mol. The number of morpholine rings is 1. The average molecular weight is 554 g/mol. The van der Waals surface area contributed by atoms with Crippen LogP contribution in [0.3, 0.4) is 0 Å². The second kappa shape index (κ2) is 14.2. The third-order valence-electron chi connectivity index (χ3n) is 5.38. The molecule has 1 aliphatic rings. The van der Waals surface area contributed by atoms with E-state index in [-0.39, 0.29) is 30.0 Å². The van der Waals surface area contributed by atoms with Crippen LogP contribution in [0.2, 0.25) is 0 Å². The molecule has 0 saturated carbocycles. The van der Waals surface area contributed by atoms with Gasteiger partial charge in [-0.05, 0) is 24.6 Å². The van der Waals surface area contributed by atoms with Gasteiger partial charge in [0.05, 0.1) is 40.0 Å². The first-order chi connectivity index (χ1) is 15.2. The molecule has 1 fully saturated rings. The molecule has 0 aliphatic carbocycles. The summed E-state index contributed by atoms with van der Waals surface area (Å²) in [6.45, 7) is 7.53. The van der Waals surface area contributed by atoms with Crippen LogP contribution in [0.4, 0.5) is 0 Å². The minimum absolute atomic E-state index is 0. The van der Waals surface area contributed by atoms with Crippen molar-refractivity contribution in [3.05, 3.63) is 59.7 Å². The molecular formula is C24H35IN4O3. The number of hydrogen-bond donors (Lipinski definition) is 2. The largest absolute Gasteiger partial charge is 0.497 e. The Hall–Kier alpha value is -2.04. The highest BCUT2D eigenvalue weighted by Gasteiger charge is 2.22. The fourth-order valence-corrected chi connectivity index (χ4v) is 3.70. The van der Waals surface area contributed by atoms with Gasteiger partial charge in [0.2, 0.25) is 0 Å². The lowest BCUT2D eigenvalue weighted by atomic mass is 10.0. The molecule has 7 nitrogen and oxygen atoms in total. The first-order valence-electron chi connectivity index (χ1n) is 10.8. The predicted octanol–water partition coefficient (Wildman–Crippen LogP) is 3.45. The molecule has 1 unspecified atom stereocenters. The zero-order valence-corrected chi connectivity index (χ0v) is 21.5. The molecular weight excluding hydrogens is 519 g/mol. The Morgan fingerprint density at radius 1 is 1.06 bits per heavy atom. The van der Waals surface area contributed by atoms with E-state index < -0.39 is 0 Å². The minimum Gasteiger partial charge on any atom is -0.497 e. The Morgan fingerprint density at radius 2 is 1.81 bits per heavy atom. The SMILES string of the molecule is CCNC(=NCc1ccc(OC)cc1OC)NCC(c1ccccc1)N1CCOCC1.I. The number of nitrogens with one attached hydrogen (secondary N) is 2. The van der Waals surface area contributed by atoms with Gasteiger partial charge in [-0.2, -0.15) is 0 Å². The third-order valence-corrected chi connectivity index (χ3v) is 5.38. The molecule has 1 heterocycles. The third kappa shape index (κ3) is 7.53. The number of benzene rings is 2. The topological polar surface area (TPSA) is 67.4 Å². The summed E-state index contributed by atoms with van der Waals surface area (Å²) in [5.74, 6) is 2.33. The van der Waals surface area contributed by atoms with E-state index in [1.807, 2.05) is 18.2 Å². The molecule has 0 amide bonds. The summed E-state index contributed by atoms with van der Waals surface area (Å²) in [5, 5.41) is 6.89. The highest BCUT2D eigenvalue weighted by atomic mass is 127. The van der Waals surface area contributed by atoms with Crippen molar-refractivity contribution in [2.45, 2.75) is 19.5 Å². The van der Waals surface area contributed by atoms with Crippen molar-refractivity contribution in [2.75, 3.05) is 53.6 Å². The zero-order chi connectivity index (χ0) is 21.9. The van der Waals surface area contributed by atoms with Crippen LogP contribution in [0.15, 0.2) is 53.5 Å². The van der Waals surface area contributed by atoms with Crippen LogP contribution in [-0.2, 0) is 11.3 Å². The quantitative estimate of drug-likeness (QED) is 0.281. The molecule has 8 heteroatoms. The fourth-order valence-electron chi connectivity index (χ4n) is 3.70. The van der Waals surface area contributed by atoms with Crippen molar-refractivity contribution in [1.82, 2.24) is 15.5 Å². The van der Waals surface area contributed by atoms with Gasteiger partial charge in [-0.15, -0.1) is 24.0 Å². The Labute approximate surface area is 208 Å². The van der Waals surface area contributed by atoms with Gasteiger partial charge in [-0.3, -0.25) is 4.90 Å². The predicted molar refractivity (Wildman–Crippen MR) is 139 cm³/mol. The van der Waals surface area contributed by atoms with E-state index in [1.165, 1.54) is 5.56 Å². The lowest BCUT2D eigenvalue weighted by Gasteiger charge is -2.35. The van der Waals surface area contributed by atoms with Gasteiger partial charge in [-0.1, -0.05) is 30.3 Å². The molecule has 176 valence electrons. The summed E-state index contributed by atoms with van der Waals surface area (Å²) >= 11 is 0. The summed E-state index contributed by atoms with van der Waals surface area (Å²) in [4.78, 5) is 7.26.